The van der Waals surface area contributed by atoms with Gasteiger partial charge in [0, 0.05) is 5.54 Å². The zero-order valence-corrected chi connectivity index (χ0v) is 9.27. The molecular weight excluding hydrogens is 166 g/mol. The van der Waals surface area contributed by atoms with Gasteiger partial charge in [0.25, 0.3) is 0 Å². The molecule has 0 saturated carbocycles. The van der Waals surface area contributed by atoms with Crippen molar-refractivity contribution in [1.29, 1.82) is 0 Å². The van der Waals surface area contributed by atoms with E-state index < -0.39 is 11.5 Å². The highest BCUT2D eigenvalue weighted by molar-refractivity contribution is 5.78. The fourth-order valence-corrected chi connectivity index (χ4v) is 1.13. The summed E-state index contributed by atoms with van der Waals surface area (Å²) in [5.74, 6) is -0.781. The minimum atomic E-state index is -0.806. The first-order chi connectivity index (χ1) is 5.77. The van der Waals surface area contributed by atoms with Gasteiger partial charge in [-0.2, -0.15) is 0 Å². The summed E-state index contributed by atoms with van der Waals surface area (Å²) >= 11 is 0. The first kappa shape index (κ1) is 12.4. The lowest BCUT2D eigenvalue weighted by atomic mass is 9.92. The molecule has 0 bridgehead atoms. The highest BCUT2D eigenvalue weighted by Crippen LogP contribution is 2.17. The van der Waals surface area contributed by atoms with E-state index in [0.29, 0.717) is 6.42 Å². The van der Waals surface area contributed by atoms with Crippen molar-refractivity contribution >= 4 is 5.97 Å². The predicted octanol–water partition coefficient (Wildman–Crippen LogP) is 2.02. The summed E-state index contributed by atoms with van der Waals surface area (Å²) in [5, 5.41) is 12.2. The van der Waals surface area contributed by atoms with Gasteiger partial charge in [-0.1, -0.05) is 13.8 Å². The Balaban J connectivity index is 4.54. The van der Waals surface area contributed by atoms with Crippen LogP contribution in [0.1, 0.15) is 47.5 Å². The van der Waals surface area contributed by atoms with Crippen LogP contribution in [0.15, 0.2) is 0 Å². The molecule has 0 rings (SSSR count). The lowest BCUT2D eigenvalue weighted by Crippen LogP contribution is -2.57. The predicted molar refractivity (Wildman–Crippen MR) is 53.8 cm³/mol. The summed E-state index contributed by atoms with van der Waals surface area (Å²) < 4.78 is 0. The standard InChI is InChI=1S/C10H21NO2/c1-6-9(3,4)11-10(5,7-2)8(12)13/h11H,6-7H2,1-5H3,(H,12,13). The Hall–Kier alpha value is -0.570. The van der Waals surface area contributed by atoms with E-state index in [4.69, 9.17) is 5.11 Å². The number of hydrogen-bond donors (Lipinski definition) is 2. The van der Waals surface area contributed by atoms with Gasteiger partial charge in [-0.05, 0) is 33.6 Å². The molecule has 0 aromatic heterocycles. The van der Waals surface area contributed by atoms with Crippen LogP contribution in [0.3, 0.4) is 0 Å². The van der Waals surface area contributed by atoms with E-state index in [-0.39, 0.29) is 5.54 Å². The maximum Gasteiger partial charge on any atom is 0.323 e. The van der Waals surface area contributed by atoms with Crippen LogP contribution in [0.25, 0.3) is 0 Å². The molecule has 0 amide bonds. The van der Waals surface area contributed by atoms with Crippen LogP contribution in [-0.2, 0) is 4.79 Å². The van der Waals surface area contributed by atoms with Gasteiger partial charge in [0.05, 0.1) is 0 Å². The van der Waals surface area contributed by atoms with E-state index in [1.807, 2.05) is 27.7 Å². The van der Waals surface area contributed by atoms with Crippen molar-refractivity contribution in [3.63, 3.8) is 0 Å². The number of carboxylic acid groups (broad SMARTS) is 1. The average Bonchev–Trinajstić information content (AvgIpc) is 2.03. The van der Waals surface area contributed by atoms with Crippen molar-refractivity contribution in [2.24, 2.45) is 0 Å². The van der Waals surface area contributed by atoms with E-state index in [9.17, 15) is 4.79 Å². The first-order valence-corrected chi connectivity index (χ1v) is 4.80. The molecule has 3 nitrogen and oxygen atoms in total. The SMILES string of the molecule is CCC(C)(C)NC(C)(CC)C(=O)O. The number of carbonyl (C=O) groups is 1. The second-order valence-electron chi connectivity index (χ2n) is 4.35. The third-order valence-electron chi connectivity index (χ3n) is 2.68. The van der Waals surface area contributed by atoms with Crippen LogP contribution in [0, 0.1) is 0 Å². The Labute approximate surface area is 80.5 Å². The molecule has 3 heteroatoms. The van der Waals surface area contributed by atoms with Gasteiger partial charge < -0.3 is 5.11 Å². The molecule has 0 fully saturated rings. The minimum Gasteiger partial charge on any atom is -0.480 e. The summed E-state index contributed by atoms with van der Waals surface area (Å²) in [6, 6.07) is 0. The summed E-state index contributed by atoms with van der Waals surface area (Å²) in [4.78, 5) is 11.0. The Kier molecular flexibility index (Phi) is 3.91. The van der Waals surface area contributed by atoms with Gasteiger partial charge >= 0.3 is 5.97 Å². The molecule has 0 aromatic rings. The van der Waals surface area contributed by atoms with Crippen molar-refractivity contribution in [3.8, 4) is 0 Å². The number of carboxylic acids is 1. The molecule has 2 N–H and O–H groups in total. The second-order valence-corrected chi connectivity index (χ2v) is 4.35. The molecule has 13 heavy (non-hydrogen) atoms. The number of nitrogens with one attached hydrogen (secondary N) is 1. The number of hydrogen-bond acceptors (Lipinski definition) is 2. The lowest BCUT2D eigenvalue weighted by molar-refractivity contribution is -0.145. The molecule has 0 aliphatic carbocycles. The first-order valence-electron chi connectivity index (χ1n) is 4.80. The molecule has 0 aliphatic heterocycles. The van der Waals surface area contributed by atoms with Gasteiger partial charge in [0.2, 0.25) is 0 Å². The van der Waals surface area contributed by atoms with E-state index in [1.165, 1.54) is 0 Å². The molecule has 0 spiro atoms. The maximum atomic E-state index is 11.0. The van der Waals surface area contributed by atoms with Crippen LogP contribution in [0.4, 0.5) is 0 Å². The third-order valence-corrected chi connectivity index (χ3v) is 2.68. The summed E-state index contributed by atoms with van der Waals surface area (Å²) in [6.07, 6.45) is 1.50. The monoisotopic (exact) mass is 187 g/mol. The molecule has 1 atom stereocenters. The Morgan fingerprint density at radius 2 is 1.69 bits per heavy atom. The number of aliphatic carboxylic acids is 1. The molecule has 0 aliphatic rings. The van der Waals surface area contributed by atoms with Gasteiger partial charge in [-0.25, -0.2) is 0 Å². The molecule has 0 aromatic carbocycles. The largest absolute Gasteiger partial charge is 0.480 e. The van der Waals surface area contributed by atoms with Gasteiger partial charge in [-0.3, -0.25) is 10.1 Å². The van der Waals surface area contributed by atoms with Crippen molar-refractivity contribution < 1.29 is 9.90 Å². The fraction of sp³-hybridized carbons (Fsp3) is 0.900. The van der Waals surface area contributed by atoms with Crippen LogP contribution >= 0.6 is 0 Å². The Bertz CT molecular complexity index is 189. The highest BCUT2D eigenvalue weighted by atomic mass is 16.4. The maximum absolute atomic E-state index is 11.0. The fourth-order valence-electron chi connectivity index (χ4n) is 1.13. The highest BCUT2D eigenvalue weighted by Gasteiger charge is 2.35. The molecule has 1 unspecified atom stereocenters. The van der Waals surface area contributed by atoms with Crippen molar-refractivity contribution in [2.75, 3.05) is 0 Å². The van der Waals surface area contributed by atoms with Crippen LogP contribution in [-0.4, -0.2) is 22.2 Å². The van der Waals surface area contributed by atoms with Crippen LogP contribution < -0.4 is 5.32 Å². The summed E-state index contributed by atoms with van der Waals surface area (Å²) in [5.41, 5.74) is -0.928. The van der Waals surface area contributed by atoms with Gasteiger partial charge in [0.15, 0.2) is 0 Å². The van der Waals surface area contributed by atoms with E-state index in [1.54, 1.807) is 6.92 Å². The second kappa shape index (κ2) is 4.09. The third kappa shape index (κ3) is 3.35. The van der Waals surface area contributed by atoms with E-state index >= 15 is 0 Å². The number of rotatable bonds is 5. The van der Waals surface area contributed by atoms with Crippen molar-refractivity contribution in [2.45, 2.75) is 58.5 Å². The molecule has 0 heterocycles. The van der Waals surface area contributed by atoms with Crippen molar-refractivity contribution in [3.05, 3.63) is 0 Å². The smallest absolute Gasteiger partial charge is 0.323 e. The topological polar surface area (TPSA) is 49.3 Å². The lowest BCUT2D eigenvalue weighted by Gasteiger charge is -2.35. The average molecular weight is 187 g/mol. The molecule has 0 saturated heterocycles. The normalized spacial score (nSPS) is 16.7. The summed E-state index contributed by atoms with van der Waals surface area (Å²) in [7, 11) is 0. The zero-order chi connectivity index (χ0) is 10.7. The molecular formula is C10H21NO2. The minimum absolute atomic E-state index is 0.122. The molecule has 78 valence electrons. The summed E-state index contributed by atoms with van der Waals surface area (Å²) in [6.45, 7) is 9.69. The Morgan fingerprint density at radius 1 is 1.23 bits per heavy atom. The van der Waals surface area contributed by atoms with Crippen LogP contribution in [0.2, 0.25) is 0 Å². The Morgan fingerprint density at radius 3 is 1.92 bits per heavy atom. The molecule has 0 radical (unpaired) electrons. The van der Waals surface area contributed by atoms with Gasteiger partial charge in [-0.15, -0.1) is 0 Å². The quantitative estimate of drug-likeness (QED) is 0.692. The van der Waals surface area contributed by atoms with Gasteiger partial charge in [0.1, 0.15) is 5.54 Å². The van der Waals surface area contributed by atoms with Crippen molar-refractivity contribution in [1.82, 2.24) is 5.32 Å². The zero-order valence-electron chi connectivity index (χ0n) is 9.27. The van der Waals surface area contributed by atoms with E-state index in [2.05, 4.69) is 5.32 Å². The van der Waals surface area contributed by atoms with E-state index in [0.717, 1.165) is 6.42 Å². The van der Waals surface area contributed by atoms with Crippen LogP contribution in [0.5, 0.6) is 0 Å².